The molecule has 0 radical (unpaired) electrons. The molecule has 0 aromatic heterocycles. The van der Waals surface area contributed by atoms with Crippen molar-refractivity contribution < 1.29 is 9.59 Å². The standard InChI is InChI=1S/C17H24N2O2/c1-12(2)15(19-13(3)20)16(21)18-11-17(9-10-17)14-7-5-4-6-8-14/h4-8,12,15H,9-11H2,1-3H3,(H,18,21)(H,19,20). The topological polar surface area (TPSA) is 58.2 Å². The first-order chi connectivity index (χ1) is 9.94. The van der Waals surface area contributed by atoms with Crippen LogP contribution in [0.15, 0.2) is 30.3 Å². The van der Waals surface area contributed by atoms with E-state index in [1.807, 2.05) is 32.0 Å². The SMILES string of the molecule is CC(=O)NC(C(=O)NCC1(c2ccccc2)CC1)C(C)C. The summed E-state index contributed by atoms with van der Waals surface area (Å²) in [7, 11) is 0. The molecule has 2 rings (SSSR count). The van der Waals surface area contributed by atoms with Gasteiger partial charge in [0, 0.05) is 18.9 Å². The first kappa shape index (κ1) is 15.5. The lowest BCUT2D eigenvalue weighted by Crippen LogP contribution is -2.50. The molecule has 1 aromatic rings. The molecule has 0 heterocycles. The number of amides is 2. The van der Waals surface area contributed by atoms with E-state index < -0.39 is 6.04 Å². The van der Waals surface area contributed by atoms with Gasteiger partial charge in [-0.2, -0.15) is 0 Å². The zero-order chi connectivity index (χ0) is 15.5. The smallest absolute Gasteiger partial charge is 0.242 e. The Bertz CT molecular complexity index is 507. The summed E-state index contributed by atoms with van der Waals surface area (Å²) in [4.78, 5) is 23.5. The molecule has 2 N–H and O–H groups in total. The molecule has 0 saturated heterocycles. The van der Waals surface area contributed by atoms with Gasteiger partial charge in [-0.1, -0.05) is 44.2 Å². The fraction of sp³-hybridized carbons (Fsp3) is 0.529. The van der Waals surface area contributed by atoms with Gasteiger partial charge in [-0.25, -0.2) is 0 Å². The predicted molar refractivity (Wildman–Crippen MR) is 82.8 cm³/mol. The van der Waals surface area contributed by atoms with Crippen molar-refractivity contribution in [3.05, 3.63) is 35.9 Å². The molecule has 0 spiro atoms. The molecule has 2 amide bonds. The molecule has 1 aromatic carbocycles. The molecule has 1 atom stereocenters. The molecule has 1 unspecified atom stereocenters. The Kier molecular flexibility index (Phi) is 4.66. The molecule has 0 bridgehead atoms. The molecule has 1 aliphatic rings. The van der Waals surface area contributed by atoms with E-state index in [9.17, 15) is 9.59 Å². The minimum Gasteiger partial charge on any atom is -0.353 e. The molecule has 114 valence electrons. The molecular formula is C17H24N2O2. The number of hydrogen-bond donors (Lipinski definition) is 2. The van der Waals surface area contributed by atoms with Crippen molar-refractivity contribution in [1.82, 2.24) is 10.6 Å². The third kappa shape index (κ3) is 3.84. The fourth-order valence-corrected chi connectivity index (χ4v) is 2.63. The largest absolute Gasteiger partial charge is 0.353 e. The normalized spacial score (nSPS) is 17.1. The van der Waals surface area contributed by atoms with Crippen LogP contribution in [0.5, 0.6) is 0 Å². The summed E-state index contributed by atoms with van der Waals surface area (Å²) in [5.74, 6) is -0.198. The number of nitrogens with one attached hydrogen (secondary N) is 2. The number of carbonyl (C=O) groups excluding carboxylic acids is 2. The van der Waals surface area contributed by atoms with Crippen LogP contribution in [0.3, 0.4) is 0 Å². The van der Waals surface area contributed by atoms with Gasteiger partial charge in [0.2, 0.25) is 11.8 Å². The third-order valence-electron chi connectivity index (χ3n) is 4.15. The van der Waals surface area contributed by atoms with Crippen molar-refractivity contribution in [2.75, 3.05) is 6.54 Å². The fourth-order valence-electron chi connectivity index (χ4n) is 2.63. The summed E-state index contributed by atoms with van der Waals surface area (Å²) >= 11 is 0. The second kappa shape index (κ2) is 6.29. The van der Waals surface area contributed by atoms with E-state index in [0.717, 1.165) is 12.8 Å². The van der Waals surface area contributed by atoms with Crippen LogP contribution in [-0.2, 0) is 15.0 Å². The lowest BCUT2D eigenvalue weighted by Gasteiger charge is -2.23. The third-order valence-corrected chi connectivity index (χ3v) is 4.15. The van der Waals surface area contributed by atoms with E-state index >= 15 is 0 Å². The average Bonchev–Trinajstić information content (AvgIpc) is 3.24. The Labute approximate surface area is 126 Å². The molecule has 1 saturated carbocycles. The minimum atomic E-state index is -0.464. The van der Waals surface area contributed by atoms with Gasteiger partial charge in [-0.15, -0.1) is 0 Å². The molecular weight excluding hydrogens is 264 g/mol. The van der Waals surface area contributed by atoms with Gasteiger partial charge in [0.25, 0.3) is 0 Å². The average molecular weight is 288 g/mol. The van der Waals surface area contributed by atoms with Gasteiger partial charge < -0.3 is 10.6 Å². The summed E-state index contributed by atoms with van der Waals surface area (Å²) in [5, 5.41) is 5.74. The van der Waals surface area contributed by atoms with Crippen LogP contribution in [0.1, 0.15) is 39.2 Å². The second-order valence-electron chi connectivity index (χ2n) is 6.29. The number of carbonyl (C=O) groups is 2. The Morgan fingerprint density at radius 3 is 2.29 bits per heavy atom. The highest BCUT2D eigenvalue weighted by molar-refractivity contribution is 5.87. The van der Waals surface area contributed by atoms with Gasteiger partial charge in [-0.3, -0.25) is 9.59 Å². The van der Waals surface area contributed by atoms with E-state index in [4.69, 9.17) is 0 Å². The van der Waals surface area contributed by atoms with Gasteiger partial charge in [0.15, 0.2) is 0 Å². The predicted octanol–water partition coefficient (Wildman–Crippen LogP) is 2.00. The lowest BCUT2D eigenvalue weighted by atomic mass is 9.95. The Hall–Kier alpha value is -1.84. The highest BCUT2D eigenvalue weighted by Gasteiger charge is 2.44. The van der Waals surface area contributed by atoms with E-state index in [1.54, 1.807) is 0 Å². The van der Waals surface area contributed by atoms with Crippen molar-refractivity contribution in [3.63, 3.8) is 0 Å². The van der Waals surface area contributed by atoms with Crippen molar-refractivity contribution in [1.29, 1.82) is 0 Å². The summed E-state index contributed by atoms with van der Waals surface area (Å²) < 4.78 is 0. The van der Waals surface area contributed by atoms with Crippen LogP contribution in [0, 0.1) is 5.92 Å². The highest BCUT2D eigenvalue weighted by Crippen LogP contribution is 2.47. The Morgan fingerprint density at radius 1 is 1.19 bits per heavy atom. The Balaban J connectivity index is 1.96. The zero-order valence-corrected chi connectivity index (χ0v) is 13.0. The minimum absolute atomic E-state index is 0.0702. The molecule has 1 fully saturated rings. The van der Waals surface area contributed by atoms with Crippen LogP contribution in [0.4, 0.5) is 0 Å². The van der Waals surface area contributed by atoms with E-state index in [-0.39, 0.29) is 23.1 Å². The quantitative estimate of drug-likeness (QED) is 0.841. The summed E-state index contributed by atoms with van der Waals surface area (Å²) in [6.45, 7) is 5.95. The van der Waals surface area contributed by atoms with Crippen LogP contribution < -0.4 is 10.6 Å². The Morgan fingerprint density at radius 2 is 1.81 bits per heavy atom. The summed E-state index contributed by atoms with van der Waals surface area (Å²) in [6.07, 6.45) is 2.20. The maximum Gasteiger partial charge on any atom is 0.242 e. The summed E-state index contributed by atoms with van der Waals surface area (Å²) in [6, 6.07) is 9.84. The van der Waals surface area contributed by atoms with E-state index in [0.29, 0.717) is 6.54 Å². The molecule has 1 aliphatic carbocycles. The maximum atomic E-state index is 12.3. The van der Waals surface area contributed by atoms with Crippen LogP contribution >= 0.6 is 0 Å². The molecule has 4 heteroatoms. The first-order valence-electron chi connectivity index (χ1n) is 7.55. The maximum absolute atomic E-state index is 12.3. The van der Waals surface area contributed by atoms with Gasteiger partial charge in [0.05, 0.1) is 0 Å². The number of benzene rings is 1. The van der Waals surface area contributed by atoms with Crippen LogP contribution in [0.25, 0.3) is 0 Å². The van der Waals surface area contributed by atoms with E-state index in [1.165, 1.54) is 12.5 Å². The van der Waals surface area contributed by atoms with Crippen LogP contribution in [-0.4, -0.2) is 24.4 Å². The van der Waals surface area contributed by atoms with Crippen molar-refractivity contribution in [2.45, 2.75) is 45.1 Å². The number of rotatable bonds is 6. The summed E-state index contributed by atoms with van der Waals surface area (Å²) in [5.41, 5.74) is 1.38. The zero-order valence-electron chi connectivity index (χ0n) is 13.0. The number of hydrogen-bond acceptors (Lipinski definition) is 2. The van der Waals surface area contributed by atoms with Gasteiger partial charge in [0.1, 0.15) is 6.04 Å². The highest BCUT2D eigenvalue weighted by atomic mass is 16.2. The first-order valence-corrected chi connectivity index (χ1v) is 7.55. The van der Waals surface area contributed by atoms with Crippen molar-refractivity contribution in [2.24, 2.45) is 5.92 Å². The van der Waals surface area contributed by atoms with Gasteiger partial charge >= 0.3 is 0 Å². The molecule has 0 aliphatic heterocycles. The lowest BCUT2D eigenvalue weighted by molar-refractivity contribution is -0.129. The van der Waals surface area contributed by atoms with Crippen molar-refractivity contribution >= 4 is 11.8 Å². The molecule has 4 nitrogen and oxygen atoms in total. The van der Waals surface area contributed by atoms with Crippen LogP contribution in [0.2, 0.25) is 0 Å². The molecule has 21 heavy (non-hydrogen) atoms. The second-order valence-corrected chi connectivity index (χ2v) is 6.29. The van der Waals surface area contributed by atoms with Gasteiger partial charge in [-0.05, 0) is 24.3 Å². The monoisotopic (exact) mass is 288 g/mol. The van der Waals surface area contributed by atoms with E-state index in [2.05, 4.69) is 22.8 Å². The van der Waals surface area contributed by atoms with Crippen molar-refractivity contribution in [3.8, 4) is 0 Å².